The Hall–Kier alpha value is -1.60. The van der Waals surface area contributed by atoms with Gasteiger partial charge >= 0.3 is 12.1 Å². The van der Waals surface area contributed by atoms with Crippen molar-refractivity contribution in [3.63, 3.8) is 0 Å². The van der Waals surface area contributed by atoms with Gasteiger partial charge in [-0.3, -0.25) is 4.79 Å². The molecule has 0 aliphatic carbocycles. The second-order valence-electron chi connectivity index (χ2n) is 4.67. The third kappa shape index (κ3) is 3.10. The number of alkyl halides is 3. The maximum absolute atomic E-state index is 12.7. The number of carbonyl (C=O) groups is 1. The third-order valence-electron chi connectivity index (χ3n) is 3.05. The van der Waals surface area contributed by atoms with Crippen molar-refractivity contribution in [2.45, 2.75) is 31.4 Å². The number of rotatable bonds is 3. The SMILES string of the molecule is CC1(c2cccc(C(F)(F)F)c2)OCC(CC(=O)O)O1. The third-order valence-corrected chi connectivity index (χ3v) is 3.05. The van der Waals surface area contributed by atoms with E-state index in [1.807, 2.05) is 0 Å². The largest absolute Gasteiger partial charge is 0.481 e. The Bertz CT molecular complexity index is 515. The molecule has 1 aromatic rings. The summed E-state index contributed by atoms with van der Waals surface area (Å²) in [6.45, 7) is 1.50. The van der Waals surface area contributed by atoms with Crippen molar-refractivity contribution in [1.29, 1.82) is 0 Å². The minimum atomic E-state index is -4.45. The molecule has 1 N–H and O–H groups in total. The van der Waals surface area contributed by atoms with E-state index in [1.54, 1.807) is 0 Å². The number of carboxylic acids is 1. The van der Waals surface area contributed by atoms with Crippen LogP contribution < -0.4 is 0 Å². The van der Waals surface area contributed by atoms with Gasteiger partial charge < -0.3 is 14.6 Å². The van der Waals surface area contributed by atoms with Crippen molar-refractivity contribution < 1.29 is 32.5 Å². The number of benzene rings is 1. The van der Waals surface area contributed by atoms with Crippen LogP contribution in [0.4, 0.5) is 13.2 Å². The second-order valence-corrected chi connectivity index (χ2v) is 4.67. The zero-order valence-corrected chi connectivity index (χ0v) is 10.6. The van der Waals surface area contributed by atoms with Gasteiger partial charge in [0.2, 0.25) is 0 Å². The van der Waals surface area contributed by atoms with Crippen LogP contribution in [0.25, 0.3) is 0 Å². The van der Waals surface area contributed by atoms with E-state index in [0.717, 1.165) is 12.1 Å². The summed E-state index contributed by atoms with van der Waals surface area (Å²) < 4.78 is 48.8. The summed E-state index contributed by atoms with van der Waals surface area (Å²) in [7, 11) is 0. The minimum Gasteiger partial charge on any atom is -0.481 e. The molecule has 110 valence electrons. The Labute approximate surface area is 113 Å². The van der Waals surface area contributed by atoms with Gasteiger partial charge in [0.05, 0.1) is 24.7 Å². The average Bonchev–Trinajstić information content (AvgIpc) is 2.70. The molecular weight excluding hydrogens is 277 g/mol. The van der Waals surface area contributed by atoms with Gasteiger partial charge in [0, 0.05) is 5.56 Å². The van der Waals surface area contributed by atoms with Gasteiger partial charge in [-0.15, -0.1) is 0 Å². The van der Waals surface area contributed by atoms with Gasteiger partial charge in [-0.1, -0.05) is 12.1 Å². The Morgan fingerprint density at radius 3 is 2.80 bits per heavy atom. The van der Waals surface area contributed by atoms with Crippen LogP contribution in [0.5, 0.6) is 0 Å². The van der Waals surface area contributed by atoms with Crippen molar-refractivity contribution in [1.82, 2.24) is 0 Å². The first-order valence-electron chi connectivity index (χ1n) is 5.92. The maximum atomic E-state index is 12.7. The molecule has 1 heterocycles. The summed E-state index contributed by atoms with van der Waals surface area (Å²) in [5.74, 6) is -2.41. The van der Waals surface area contributed by atoms with E-state index in [9.17, 15) is 18.0 Å². The summed E-state index contributed by atoms with van der Waals surface area (Å²) in [6.07, 6.45) is -5.38. The lowest BCUT2D eigenvalue weighted by Crippen LogP contribution is -2.25. The van der Waals surface area contributed by atoms with E-state index in [0.29, 0.717) is 0 Å². The molecule has 0 aromatic heterocycles. The summed E-state index contributed by atoms with van der Waals surface area (Å²) in [6, 6.07) is 4.62. The second kappa shape index (κ2) is 5.06. The van der Waals surface area contributed by atoms with Gasteiger partial charge in [-0.2, -0.15) is 13.2 Å². The topological polar surface area (TPSA) is 55.8 Å². The summed E-state index contributed by atoms with van der Waals surface area (Å²) in [4.78, 5) is 10.6. The van der Waals surface area contributed by atoms with Crippen LogP contribution in [-0.4, -0.2) is 23.8 Å². The molecule has 1 aliphatic heterocycles. The van der Waals surface area contributed by atoms with Crippen LogP contribution in [0.2, 0.25) is 0 Å². The molecule has 7 heteroatoms. The first-order chi connectivity index (χ1) is 9.21. The van der Waals surface area contributed by atoms with Crippen molar-refractivity contribution >= 4 is 5.97 Å². The normalized spacial score (nSPS) is 26.7. The quantitative estimate of drug-likeness (QED) is 0.930. The molecule has 0 bridgehead atoms. The lowest BCUT2D eigenvalue weighted by atomic mass is 10.0. The Morgan fingerprint density at radius 2 is 2.20 bits per heavy atom. The molecule has 1 saturated heterocycles. The number of ether oxygens (including phenoxy) is 2. The highest BCUT2D eigenvalue weighted by molar-refractivity contribution is 5.67. The smallest absolute Gasteiger partial charge is 0.416 e. The molecule has 20 heavy (non-hydrogen) atoms. The fourth-order valence-electron chi connectivity index (χ4n) is 2.06. The molecule has 1 fully saturated rings. The Kier molecular flexibility index (Phi) is 3.75. The molecule has 0 amide bonds. The fourth-order valence-corrected chi connectivity index (χ4v) is 2.06. The molecule has 1 aliphatic rings. The average molecular weight is 290 g/mol. The van der Waals surface area contributed by atoms with Gasteiger partial charge in [-0.05, 0) is 19.1 Å². The fraction of sp³-hybridized carbons (Fsp3) is 0.462. The highest BCUT2D eigenvalue weighted by Gasteiger charge is 2.41. The van der Waals surface area contributed by atoms with E-state index < -0.39 is 29.6 Å². The number of halogens is 3. The molecule has 0 radical (unpaired) electrons. The van der Waals surface area contributed by atoms with Gasteiger partial charge in [0.25, 0.3) is 0 Å². The van der Waals surface area contributed by atoms with E-state index in [-0.39, 0.29) is 18.6 Å². The zero-order chi connectivity index (χ0) is 15.0. The predicted octanol–water partition coefficient (Wildman–Crippen LogP) is 2.77. The van der Waals surface area contributed by atoms with Crippen LogP contribution >= 0.6 is 0 Å². The minimum absolute atomic E-state index is 0.0268. The number of aliphatic carboxylic acids is 1. The first-order valence-corrected chi connectivity index (χ1v) is 5.92. The highest BCUT2D eigenvalue weighted by atomic mass is 19.4. The van der Waals surface area contributed by atoms with Crippen molar-refractivity contribution in [3.8, 4) is 0 Å². The van der Waals surface area contributed by atoms with Crippen LogP contribution in [0.15, 0.2) is 24.3 Å². The number of hydrogen-bond acceptors (Lipinski definition) is 3. The summed E-state index contributed by atoms with van der Waals surface area (Å²) in [5, 5.41) is 8.68. The molecule has 2 atom stereocenters. The molecule has 1 aromatic carbocycles. The summed E-state index contributed by atoms with van der Waals surface area (Å²) >= 11 is 0. The summed E-state index contributed by atoms with van der Waals surface area (Å²) in [5.41, 5.74) is -0.592. The molecule has 2 rings (SSSR count). The van der Waals surface area contributed by atoms with E-state index >= 15 is 0 Å². The van der Waals surface area contributed by atoms with E-state index in [4.69, 9.17) is 14.6 Å². The predicted molar refractivity (Wildman–Crippen MR) is 61.9 cm³/mol. The van der Waals surface area contributed by atoms with Gasteiger partial charge in [0.15, 0.2) is 5.79 Å². The first kappa shape index (κ1) is 14.8. The molecule has 0 saturated carbocycles. The van der Waals surface area contributed by atoms with Crippen molar-refractivity contribution in [2.75, 3.05) is 6.61 Å². The maximum Gasteiger partial charge on any atom is 0.416 e. The number of carboxylic acid groups (broad SMARTS) is 1. The Morgan fingerprint density at radius 1 is 1.50 bits per heavy atom. The molecule has 2 unspecified atom stereocenters. The van der Waals surface area contributed by atoms with Gasteiger partial charge in [-0.25, -0.2) is 0 Å². The monoisotopic (exact) mass is 290 g/mol. The lowest BCUT2D eigenvalue weighted by molar-refractivity contribution is -0.166. The van der Waals surface area contributed by atoms with Crippen LogP contribution in [0, 0.1) is 0 Å². The highest BCUT2D eigenvalue weighted by Crippen LogP contribution is 2.37. The lowest BCUT2D eigenvalue weighted by Gasteiger charge is -2.24. The van der Waals surface area contributed by atoms with Crippen LogP contribution in [0.3, 0.4) is 0 Å². The van der Waals surface area contributed by atoms with E-state index in [1.165, 1.54) is 19.1 Å². The van der Waals surface area contributed by atoms with Crippen molar-refractivity contribution in [3.05, 3.63) is 35.4 Å². The van der Waals surface area contributed by atoms with E-state index in [2.05, 4.69) is 0 Å². The Balaban J connectivity index is 2.21. The van der Waals surface area contributed by atoms with Crippen LogP contribution in [0.1, 0.15) is 24.5 Å². The number of hydrogen-bond donors (Lipinski definition) is 1. The van der Waals surface area contributed by atoms with Gasteiger partial charge in [0.1, 0.15) is 0 Å². The van der Waals surface area contributed by atoms with Crippen molar-refractivity contribution in [2.24, 2.45) is 0 Å². The molecular formula is C13H13F3O4. The van der Waals surface area contributed by atoms with Crippen LogP contribution in [-0.2, 0) is 26.2 Å². The standard InChI is InChI=1S/C13H13F3O4/c1-12(19-7-10(20-12)6-11(17)18)8-3-2-4-9(5-8)13(14,15)16/h2-5,10H,6-7H2,1H3,(H,17,18). The molecule has 0 spiro atoms. The zero-order valence-electron chi connectivity index (χ0n) is 10.6. The molecule has 4 nitrogen and oxygen atoms in total.